The van der Waals surface area contributed by atoms with Gasteiger partial charge < -0.3 is 29.1 Å². The summed E-state index contributed by atoms with van der Waals surface area (Å²) in [5.74, 6) is -0.115. The third-order valence-corrected chi connectivity index (χ3v) is 3.06. The van der Waals surface area contributed by atoms with E-state index in [9.17, 15) is 4.79 Å². The Kier molecular flexibility index (Phi) is 3.54. The minimum Gasteiger partial charge on any atom is -1.00 e. The number of hydrogen-bond donors (Lipinski definition) is 1. The van der Waals surface area contributed by atoms with Crippen LogP contribution in [0.4, 0.5) is 0 Å². The molecule has 0 unspecified atom stereocenters. The number of rotatable bonds is 1. The average Bonchev–Trinajstić information content (AvgIpc) is 2.48. The van der Waals surface area contributed by atoms with Gasteiger partial charge in [0.25, 0.3) is 5.03 Å². The first-order valence-corrected chi connectivity index (χ1v) is 4.77. The molecular formula is C9H8INO2S. The smallest absolute Gasteiger partial charge is 0.343 e. The second-order valence-corrected chi connectivity index (χ2v) is 3.72. The molecule has 2 rings (SSSR count). The van der Waals surface area contributed by atoms with Gasteiger partial charge in [-0.05, 0) is 24.4 Å². The number of aromatic nitrogens is 1. The van der Waals surface area contributed by atoms with Gasteiger partial charge in [-0.3, -0.25) is 0 Å². The minimum absolute atomic E-state index is 0. The lowest BCUT2D eigenvalue weighted by Crippen LogP contribution is -3.00. The van der Waals surface area contributed by atoms with Crippen molar-refractivity contribution < 1.29 is 38.4 Å². The van der Waals surface area contributed by atoms with E-state index in [0.717, 1.165) is 16.5 Å². The summed E-state index contributed by atoms with van der Waals surface area (Å²) in [7, 11) is 0. The summed E-state index contributed by atoms with van der Waals surface area (Å²) in [6.07, 6.45) is 1.84. The average molecular weight is 321 g/mol. The van der Waals surface area contributed by atoms with Crippen LogP contribution < -0.4 is 28.5 Å². The first-order valence-electron chi connectivity index (χ1n) is 3.79. The van der Waals surface area contributed by atoms with Crippen molar-refractivity contribution >= 4 is 23.4 Å². The normalized spacial score (nSPS) is 13.3. The van der Waals surface area contributed by atoms with Crippen molar-refractivity contribution in [3.05, 3.63) is 30.5 Å². The maximum Gasteiger partial charge on any atom is 0.343 e. The molecule has 2 heterocycles. The van der Waals surface area contributed by atoms with E-state index in [2.05, 4.69) is 6.58 Å². The molecule has 0 saturated carbocycles. The summed E-state index contributed by atoms with van der Waals surface area (Å²) in [5, 5.41) is 9.66. The molecule has 0 amide bonds. The molecule has 1 aliphatic rings. The molecule has 0 aromatic carbocycles. The Morgan fingerprint density at radius 2 is 2.36 bits per heavy atom. The van der Waals surface area contributed by atoms with Gasteiger partial charge >= 0.3 is 5.97 Å². The lowest BCUT2D eigenvalue weighted by molar-refractivity contribution is -0.618. The number of nitrogens with zero attached hydrogens (tertiary/aromatic N) is 1. The van der Waals surface area contributed by atoms with Gasteiger partial charge in [0.05, 0.1) is 5.75 Å². The predicted octanol–water partition coefficient (Wildman–Crippen LogP) is -1.75. The highest BCUT2D eigenvalue weighted by Crippen LogP contribution is 2.27. The first kappa shape index (κ1) is 11.5. The molecule has 0 radical (unpaired) electrons. The quantitative estimate of drug-likeness (QED) is 0.493. The van der Waals surface area contributed by atoms with Crippen molar-refractivity contribution in [2.75, 3.05) is 5.75 Å². The predicted molar refractivity (Wildman–Crippen MR) is 49.7 cm³/mol. The highest BCUT2D eigenvalue weighted by Gasteiger charge is 2.29. The van der Waals surface area contributed by atoms with Gasteiger partial charge in [0.15, 0.2) is 11.9 Å². The molecule has 0 spiro atoms. The van der Waals surface area contributed by atoms with E-state index in [0.29, 0.717) is 5.56 Å². The largest absolute Gasteiger partial charge is 1.00 e. The van der Waals surface area contributed by atoms with E-state index < -0.39 is 5.97 Å². The Morgan fingerprint density at radius 1 is 1.64 bits per heavy atom. The Balaban J connectivity index is 0.000000980. The summed E-state index contributed by atoms with van der Waals surface area (Å²) >= 11 is 1.51. The number of fused-ring (bicyclic) bond motifs is 1. The van der Waals surface area contributed by atoms with Gasteiger partial charge in [-0.15, -0.1) is 0 Å². The highest BCUT2D eigenvalue weighted by atomic mass is 127. The molecule has 74 valence electrons. The van der Waals surface area contributed by atoms with Crippen LogP contribution in [0.25, 0.3) is 5.70 Å². The van der Waals surface area contributed by atoms with Gasteiger partial charge in [0, 0.05) is 6.07 Å². The summed E-state index contributed by atoms with van der Waals surface area (Å²) in [6.45, 7) is 3.85. The first-order chi connectivity index (χ1) is 6.20. The van der Waals surface area contributed by atoms with Crippen molar-refractivity contribution in [2.24, 2.45) is 0 Å². The molecule has 1 N–H and O–H groups in total. The maximum atomic E-state index is 10.8. The maximum absolute atomic E-state index is 10.8. The number of aromatic carboxylic acids is 1. The van der Waals surface area contributed by atoms with Crippen LogP contribution in [-0.4, -0.2) is 16.8 Å². The molecule has 0 saturated heterocycles. The molecule has 1 aromatic rings. The Hall–Kier alpha value is -0.560. The summed E-state index contributed by atoms with van der Waals surface area (Å²) in [4.78, 5) is 10.8. The molecule has 5 heteroatoms. The Labute approximate surface area is 103 Å². The molecule has 0 atom stereocenters. The molecule has 14 heavy (non-hydrogen) atoms. The second-order valence-electron chi connectivity index (χ2n) is 2.76. The number of thioether (sulfide) groups is 1. The third kappa shape index (κ3) is 1.78. The molecule has 1 aromatic heterocycles. The number of carboxylic acids is 1. The van der Waals surface area contributed by atoms with E-state index in [1.807, 2.05) is 10.8 Å². The zero-order valence-corrected chi connectivity index (χ0v) is 10.2. The Morgan fingerprint density at radius 3 is 3.00 bits per heavy atom. The van der Waals surface area contributed by atoms with Gasteiger partial charge in [0.2, 0.25) is 0 Å². The molecular weight excluding hydrogens is 313 g/mol. The van der Waals surface area contributed by atoms with Crippen LogP contribution in [0.5, 0.6) is 0 Å². The fraction of sp³-hybridized carbons (Fsp3) is 0.111. The number of pyridine rings is 1. The number of carboxylic acid groups (broad SMARTS) is 1. The van der Waals surface area contributed by atoms with E-state index in [4.69, 9.17) is 5.11 Å². The zero-order chi connectivity index (χ0) is 9.42. The lowest BCUT2D eigenvalue weighted by Gasteiger charge is -1.95. The van der Waals surface area contributed by atoms with Crippen LogP contribution in [0.15, 0.2) is 29.9 Å². The summed E-state index contributed by atoms with van der Waals surface area (Å²) < 4.78 is 1.83. The fourth-order valence-electron chi connectivity index (χ4n) is 1.27. The van der Waals surface area contributed by atoms with Crippen molar-refractivity contribution in [3.63, 3.8) is 0 Å². The van der Waals surface area contributed by atoms with Crippen LogP contribution in [0, 0.1) is 0 Å². The Bertz CT molecular complexity index is 406. The summed E-state index contributed by atoms with van der Waals surface area (Å²) in [6, 6.07) is 3.34. The van der Waals surface area contributed by atoms with Crippen molar-refractivity contribution in [1.29, 1.82) is 0 Å². The number of carbonyl (C=O) groups is 1. The minimum atomic E-state index is -0.883. The van der Waals surface area contributed by atoms with Gasteiger partial charge in [-0.25, -0.2) is 4.79 Å². The molecule has 0 bridgehead atoms. The molecule has 1 aliphatic heterocycles. The van der Waals surface area contributed by atoms with E-state index in [1.165, 1.54) is 11.8 Å². The number of halogens is 1. The van der Waals surface area contributed by atoms with Crippen molar-refractivity contribution in [2.45, 2.75) is 5.03 Å². The van der Waals surface area contributed by atoms with Gasteiger partial charge in [0.1, 0.15) is 5.56 Å². The van der Waals surface area contributed by atoms with Crippen LogP contribution >= 0.6 is 11.8 Å². The second kappa shape index (κ2) is 4.31. The lowest BCUT2D eigenvalue weighted by atomic mass is 10.3. The SMILES string of the molecule is C=C1CSc2c(C(=O)O)ccc[n+]21.[I-]. The van der Waals surface area contributed by atoms with Crippen LogP contribution in [0.1, 0.15) is 10.4 Å². The van der Waals surface area contributed by atoms with E-state index >= 15 is 0 Å². The van der Waals surface area contributed by atoms with Crippen molar-refractivity contribution in [1.82, 2.24) is 0 Å². The standard InChI is InChI=1S/C9H7NO2S.HI/c1-6-5-13-8-7(9(11)12)3-2-4-10(6)8;/h2-4H,1,5H2;1H. The van der Waals surface area contributed by atoms with Gasteiger partial charge in [-0.2, -0.15) is 4.57 Å². The van der Waals surface area contributed by atoms with Crippen LogP contribution in [0.3, 0.4) is 0 Å². The zero-order valence-electron chi connectivity index (χ0n) is 7.24. The highest BCUT2D eigenvalue weighted by molar-refractivity contribution is 7.99. The fourth-order valence-corrected chi connectivity index (χ4v) is 2.36. The molecule has 3 nitrogen and oxygen atoms in total. The van der Waals surface area contributed by atoms with E-state index in [1.54, 1.807) is 12.1 Å². The van der Waals surface area contributed by atoms with E-state index in [-0.39, 0.29) is 24.0 Å². The number of hydrogen-bond acceptors (Lipinski definition) is 2. The monoisotopic (exact) mass is 321 g/mol. The van der Waals surface area contributed by atoms with Crippen molar-refractivity contribution in [3.8, 4) is 0 Å². The topological polar surface area (TPSA) is 41.2 Å². The van der Waals surface area contributed by atoms with Crippen LogP contribution in [-0.2, 0) is 0 Å². The molecule has 0 fully saturated rings. The van der Waals surface area contributed by atoms with Gasteiger partial charge in [-0.1, -0.05) is 0 Å². The van der Waals surface area contributed by atoms with Crippen LogP contribution in [0.2, 0.25) is 0 Å². The molecule has 0 aliphatic carbocycles. The summed E-state index contributed by atoms with van der Waals surface area (Å²) in [5.41, 5.74) is 1.29. The third-order valence-electron chi connectivity index (χ3n) is 1.89.